The van der Waals surface area contributed by atoms with Gasteiger partial charge >= 0.3 is 5.97 Å². The van der Waals surface area contributed by atoms with E-state index in [1.165, 1.54) is 6.92 Å². The Kier molecular flexibility index (Phi) is 5.19. The van der Waals surface area contributed by atoms with E-state index in [1.54, 1.807) is 6.92 Å². The second-order valence-electron chi connectivity index (χ2n) is 5.06. The number of esters is 1. The molecule has 20 heavy (non-hydrogen) atoms. The highest BCUT2D eigenvalue weighted by atomic mass is 16.6. The van der Waals surface area contributed by atoms with Crippen LogP contribution in [0.5, 0.6) is 0 Å². The SMILES string of the molecule is CCOC(=O)[C@]1(C#N)CCC[C@H]([N+](=O)[O-])[C@H]1CC(C)=O. The Morgan fingerprint density at radius 3 is 2.65 bits per heavy atom. The van der Waals surface area contributed by atoms with Crippen molar-refractivity contribution < 1.29 is 19.2 Å². The molecule has 7 nitrogen and oxygen atoms in total. The first-order chi connectivity index (χ1) is 9.39. The van der Waals surface area contributed by atoms with Gasteiger partial charge in [-0.3, -0.25) is 14.9 Å². The molecule has 0 N–H and O–H groups in total. The van der Waals surface area contributed by atoms with E-state index in [-0.39, 0.29) is 31.7 Å². The van der Waals surface area contributed by atoms with Crippen LogP contribution in [0.25, 0.3) is 0 Å². The van der Waals surface area contributed by atoms with E-state index in [1.807, 2.05) is 6.07 Å². The number of nitro groups is 1. The van der Waals surface area contributed by atoms with Crippen LogP contribution in [-0.4, -0.2) is 29.3 Å². The third kappa shape index (κ3) is 2.95. The van der Waals surface area contributed by atoms with Crippen molar-refractivity contribution in [3.05, 3.63) is 10.1 Å². The molecule has 0 aliphatic heterocycles. The average Bonchev–Trinajstić information content (AvgIpc) is 2.38. The van der Waals surface area contributed by atoms with Gasteiger partial charge in [0.25, 0.3) is 0 Å². The molecule has 1 saturated carbocycles. The van der Waals surface area contributed by atoms with Crippen LogP contribution < -0.4 is 0 Å². The molecule has 3 atom stereocenters. The van der Waals surface area contributed by atoms with Crippen molar-refractivity contribution >= 4 is 11.8 Å². The summed E-state index contributed by atoms with van der Waals surface area (Å²) in [4.78, 5) is 34.2. The first-order valence-electron chi connectivity index (χ1n) is 6.60. The van der Waals surface area contributed by atoms with Crippen LogP contribution in [0.2, 0.25) is 0 Å². The van der Waals surface area contributed by atoms with Gasteiger partial charge in [0.2, 0.25) is 6.04 Å². The van der Waals surface area contributed by atoms with Gasteiger partial charge in [-0.05, 0) is 26.7 Å². The lowest BCUT2D eigenvalue weighted by Crippen LogP contribution is -2.50. The molecule has 0 radical (unpaired) electrons. The molecule has 0 spiro atoms. The standard InChI is InChI=1S/C13H18N2O5/c1-3-20-12(17)13(8-14)6-4-5-11(15(18)19)10(13)7-9(2)16/h10-11H,3-7H2,1-2H3/t10-,11+,13+/m1/s1. The summed E-state index contributed by atoms with van der Waals surface area (Å²) in [5.41, 5.74) is -1.59. The summed E-state index contributed by atoms with van der Waals surface area (Å²) in [6.07, 6.45) is 0.711. The minimum Gasteiger partial charge on any atom is -0.465 e. The van der Waals surface area contributed by atoms with Crippen LogP contribution in [0.15, 0.2) is 0 Å². The van der Waals surface area contributed by atoms with Crippen LogP contribution in [0.4, 0.5) is 0 Å². The summed E-state index contributed by atoms with van der Waals surface area (Å²) in [5, 5.41) is 20.6. The van der Waals surface area contributed by atoms with Gasteiger partial charge < -0.3 is 9.53 Å². The first kappa shape index (κ1) is 16.1. The third-order valence-corrected chi connectivity index (χ3v) is 3.79. The minimum atomic E-state index is -1.59. The normalized spacial score (nSPS) is 29.2. The van der Waals surface area contributed by atoms with Crippen LogP contribution in [0, 0.1) is 32.8 Å². The number of hydrogen-bond donors (Lipinski definition) is 0. The van der Waals surface area contributed by atoms with E-state index in [4.69, 9.17) is 4.74 Å². The maximum atomic E-state index is 12.1. The molecule has 0 bridgehead atoms. The lowest BCUT2D eigenvalue weighted by Gasteiger charge is -2.37. The summed E-state index contributed by atoms with van der Waals surface area (Å²) in [5.74, 6) is -1.94. The maximum Gasteiger partial charge on any atom is 0.327 e. The monoisotopic (exact) mass is 282 g/mol. The fourth-order valence-corrected chi connectivity index (χ4v) is 2.88. The molecule has 0 amide bonds. The van der Waals surface area contributed by atoms with Gasteiger partial charge in [-0.15, -0.1) is 0 Å². The van der Waals surface area contributed by atoms with E-state index in [0.717, 1.165) is 0 Å². The van der Waals surface area contributed by atoms with Crippen LogP contribution in [-0.2, 0) is 14.3 Å². The van der Waals surface area contributed by atoms with Crippen molar-refractivity contribution in [2.24, 2.45) is 11.3 Å². The molecule has 0 unspecified atom stereocenters. The zero-order valence-electron chi connectivity index (χ0n) is 11.6. The van der Waals surface area contributed by atoms with Gasteiger partial charge in [0.1, 0.15) is 5.78 Å². The first-order valence-corrected chi connectivity index (χ1v) is 6.60. The Morgan fingerprint density at radius 2 is 2.20 bits per heavy atom. The maximum absolute atomic E-state index is 12.1. The number of nitriles is 1. The summed E-state index contributed by atoms with van der Waals surface area (Å²) < 4.78 is 4.92. The van der Waals surface area contributed by atoms with Crippen LogP contribution >= 0.6 is 0 Å². The Labute approximate surface area is 117 Å². The Morgan fingerprint density at radius 1 is 1.55 bits per heavy atom. The van der Waals surface area contributed by atoms with Crippen molar-refractivity contribution in [1.29, 1.82) is 5.26 Å². The smallest absolute Gasteiger partial charge is 0.327 e. The minimum absolute atomic E-state index is 0.0954. The predicted molar refractivity (Wildman–Crippen MR) is 68.1 cm³/mol. The summed E-state index contributed by atoms with van der Waals surface area (Å²) in [7, 11) is 0. The number of hydrogen-bond acceptors (Lipinski definition) is 6. The van der Waals surface area contributed by atoms with E-state index < -0.39 is 28.3 Å². The zero-order chi connectivity index (χ0) is 15.3. The number of carbonyl (C=O) groups excluding carboxylic acids is 2. The molecule has 1 fully saturated rings. The Hall–Kier alpha value is -1.97. The van der Waals surface area contributed by atoms with Gasteiger partial charge in [-0.25, -0.2) is 0 Å². The molecule has 0 aromatic heterocycles. The molecule has 0 aromatic carbocycles. The molecule has 110 valence electrons. The van der Waals surface area contributed by atoms with E-state index in [0.29, 0.717) is 6.42 Å². The average molecular weight is 282 g/mol. The van der Waals surface area contributed by atoms with Crippen molar-refractivity contribution in [2.75, 3.05) is 6.61 Å². The molecular formula is C13H18N2O5. The number of nitrogens with zero attached hydrogens (tertiary/aromatic N) is 2. The lowest BCUT2D eigenvalue weighted by atomic mass is 9.63. The molecule has 0 saturated heterocycles. The number of Topliss-reactive ketones (excluding diaryl/α,β-unsaturated/α-hetero) is 1. The van der Waals surface area contributed by atoms with Gasteiger partial charge in [0.15, 0.2) is 5.41 Å². The van der Waals surface area contributed by atoms with Gasteiger partial charge in [0.05, 0.1) is 18.6 Å². The van der Waals surface area contributed by atoms with Gasteiger partial charge in [-0.2, -0.15) is 5.26 Å². The summed E-state index contributed by atoms with van der Waals surface area (Å²) >= 11 is 0. The second kappa shape index (κ2) is 6.46. The highest BCUT2D eigenvalue weighted by Gasteiger charge is 2.57. The number of rotatable bonds is 5. The molecular weight excluding hydrogens is 264 g/mol. The van der Waals surface area contributed by atoms with E-state index >= 15 is 0 Å². The highest BCUT2D eigenvalue weighted by molar-refractivity contribution is 5.83. The summed E-state index contributed by atoms with van der Waals surface area (Å²) in [6.45, 7) is 3.01. The largest absolute Gasteiger partial charge is 0.465 e. The lowest BCUT2D eigenvalue weighted by molar-refractivity contribution is -0.538. The zero-order valence-corrected chi connectivity index (χ0v) is 11.6. The second-order valence-corrected chi connectivity index (χ2v) is 5.06. The van der Waals surface area contributed by atoms with Gasteiger partial charge in [-0.1, -0.05) is 0 Å². The number of ketones is 1. The molecule has 0 aromatic rings. The summed E-state index contributed by atoms with van der Waals surface area (Å²) in [6, 6.07) is 0.853. The topological polar surface area (TPSA) is 110 Å². The molecule has 1 aliphatic rings. The third-order valence-electron chi connectivity index (χ3n) is 3.79. The quantitative estimate of drug-likeness (QED) is 0.429. The van der Waals surface area contributed by atoms with E-state index in [9.17, 15) is 25.0 Å². The van der Waals surface area contributed by atoms with Crippen molar-refractivity contribution in [1.82, 2.24) is 0 Å². The fraction of sp³-hybridized carbons (Fsp3) is 0.769. The van der Waals surface area contributed by atoms with Crippen molar-refractivity contribution in [3.63, 3.8) is 0 Å². The Balaban J connectivity index is 3.22. The number of ether oxygens (including phenoxy) is 1. The number of carbonyl (C=O) groups is 2. The molecule has 0 heterocycles. The fourth-order valence-electron chi connectivity index (χ4n) is 2.88. The van der Waals surface area contributed by atoms with Crippen molar-refractivity contribution in [3.8, 4) is 6.07 Å². The van der Waals surface area contributed by atoms with Gasteiger partial charge in [0, 0.05) is 17.8 Å². The van der Waals surface area contributed by atoms with E-state index in [2.05, 4.69) is 0 Å². The van der Waals surface area contributed by atoms with Crippen LogP contribution in [0.1, 0.15) is 39.5 Å². The molecule has 1 aliphatic carbocycles. The molecule has 7 heteroatoms. The van der Waals surface area contributed by atoms with Crippen molar-refractivity contribution in [2.45, 2.75) is 45.6 Å². The van der Waals surface area contributed by atoms with Crippen LogP contribution in [0.3, 0.4) is 0 Å². The molecule has 1 rings (SSSR count). The predicted octanol–water partition coefficient (Wildman–Crippen LogP) is 1.48. The highest BCUT2D eigenvalue weighted by Crippen LogP contribution is 2.45. The Bertz CT molecular complexity index is 456.